The lowest BCUT2D eigenvalue weighted by molar-refractivity contribution is -0.118. The summed E-state index contributed by atoms with van der Waals surface area (Å²) < 4.78 is 5.08. The summed E-state index contributed by atoms with van der Waals surface area (Å²) in [5.74, 6) is -0.586. The molecule has 2 aromatic heterocycles. The number of rotatable bonds is 11. The molecule has 29 heavy (non-hydrogen) atoms. The highest BCUT2D eigenvalue weighted by molar-refractivity contribution is 7.17. The van der Waals surface area contributed by atoms with Gasteiger partial charge in [-0.1, -0.05) is 31.1 Å². The van der Waals surface area contributed by atoms with E-state index < -0.39 is 5.97 Å². The van der Waals surface area contributed by atoms with Crippen LogP contribution in [-0.4, -0.2) is 35.8 Å². The fourth-order valence-corrected chi connectivity index (χ4v) is 4.63. The van der Waals surface area contributed by atoms with Gasteiger partial charge in [-0.25, -0.2) is 9.78 Å². The van der Waals surface area contributed by atoms with E-state index in [1.165, 1.54) is 22.7 Å². The Kier molecular flexibility index (Phi) is 8.98. The Labute approximate surface area is 179 Å². The Hall–Kier alpha value is -2.06. The standard InChI is InChI=1S/C21H28N2O4S2/c1-5-7-8-13-23(21-22-15(4)19(29-21)20(26)27-6-2)18(25)12-10-16(24)17-11-9-14(3)28-17/h9,11H,5-8,10,12-13H2,1-4H3. The zero-order chi connectivity index (χ0) is 21.4. The molecule has 0 saturated carbocycles. The summed E-state index contributed by atoms with van der Waals surface area (Å²) in [6.07, 6.45) is 3.15. The lowest BCUT2D eigenvalue weighted by Crippen LogP contribution is -2.32. The average Bonchev–Trinajstić information content (AvgIpc) is 3.29. The zero-order valence-electron chi connectivity index (χ0n) is 17.4. The van der Waals surface area contributed by atoms with E-state index in [-0.39, 0.29) is 31.1 Å². The molecule has 0 fully saturated rings. The van der Waals surface area contributed by atoms with E-state index >= 15 is 0 Å². The van der Waals surface area contributed by atoms with Crippen LogP contribution in [0, 0.1) is 13.8 Å². The molecule has 0 aliphatic carbocycles. The molecule has 0 N–H and O–H groups in total. The first-order valence-electron chi connectivity index (χ1n) is 9.91. The molecule has 2 aromatic rings. The zero-order valence-corrected chi connectivity index (χ0v) is 19.1. The van der Waals surface area contributed by atoms with Crippen molar-refractivity contribution in [3.8, 4) is 0 Å². The quantitative estimate of drug-likeness (QED) is 0.275. The molecule has 8 heteroatoms. The number of Topliss-reactive ketones (excluding diaryl/α,β-unsaturated/α-hetero) is 1. The van der Waals surface area contributed by atoms with Gasteiger partial charge in [-0.3, -0.25) is 14.5 Å². The van der Waals surface area contributed by atoms with Gasteiger partial charge in [-0.05, 0) is 39.3 Å². The molecule has 0 unspecified atom stereocenters. The van der Waals surface area contributed by atoms with E-state index in [4.69, 9.17) is 4.74 Å². The Morgan fingerprint density at radius 3 is 2.45 bits per heavy atom. The van der Waals surface area contributed by atoms with Crippen molar-refractivity contribution in [3.63, 3.8) is 0 Å². The summed E-state index contributed by atoms with van der Waals surface area (Å²) >= 11 is 2.62. The highest BCUT2D eigenvalue weighted by Gasteiger charge is 2.24. The van der Waals surface area contributed by atoms with Crippen LogP contribution < -0.4 is 4.90 Å². The summed E-state index contributed by atoms with van der Waals surface area (Å²) in [6, 6.07) is 3.72. The van der Waals surface area contributed by atoms with Crippen molar-refractivity contribution in [1.82, 2.24) is 4.98 Å². The highest BCUT2D eigenvalue weighted by Crippen LogP contribution is 2.28. The number of hydrogen-bond acceptors (Lipinski definition) is 7. The number of ether oxygens (including phenoxy) is 1. The summed E-state index contributed by atoms with van der Waals surface area (Å²) in [5, 5.41) is 0.492. The molecule has 0 saturated heterocycles. The third-order valence-corrected chi connectivity index (χ3v) is 6.55. The second kappa shape index (κ2) is 11.2. The van der Waals surface area contributed by atoms with E-state index in [0.29, 0.717) is 27.1 Å². The number of thiazole rings is 1. The lowest BCUT2D eigenvalue weighted by atomic mass is 10.1. The molecule has 0 spiro atoms. The monoisotopic (exact) mass is 436 g/mol. The van der Waals surface area contributed by atoms with Crippen molar-refractivity contribution >= 4 is 45.5 Å². The predicted octanol–water partition coefficient (Wildman–Crippen LogP) is 5.18. The SMILES string of the molecule is CCCCCN(C(=O)CCC(=O)c1ccc(C)s1)c1nc(C)c(C(=O)OCC)s1. The van der Waals surface area contributed by atoms with Crippen molar-refractivity contribution in [2.45, 2.75) is 59.8 Å². The van der Waals surface area contributed by atoms with Crippen molar-refractivity contribution in [3.05, 3.63) is 32.5 Å². The second-order valence-electron chi connectivity index (χ2n) is 6.72. The Bertz CT molecular complexity index is 857. The van der Waals surface area contributed by atoms with Crippen molar-refractivity contribution < 1.29 is 19.1 Å². The minimum atomic E-state index is -0.419. The summed E-state index contributed by atoms with van der Waals surface area (Å²) in [7, 11) is 0. The Morgan fingerprint density at radius 1 is 1.07 bits per heavy atom. The van der Waals surface area contributed by atoms with Gasteiger partial charge in [-0.15, -0.1) is 11.3 Å². The molecule has 0 bridgehead atoms. The molecular weight excluding hydrogens is 408 g/mol. The number of nitrogens with zero attached hydrogens (tertiary/aromatic N) is 2. The minimum absolute atomic E-state index is 0.0208. The van der Waals surface area contributed by atoms with E-state index in [9.17, 15) is 14.4 Å². The van der Waals surface area contributed by atoms with Gasteiger partial charge in [0.25, 0.3) is 0 Å². The largest absolute Gasteiger partial charge is 0.462 e. The number of aromatic nitrogens is 1. The van der Waals surface area contributed by atoms with Gasteiger partial charge in [0.05, 0.1) is 17.2 Å². The molecular formula is C21H28N2O4S2. The molecule has 2 heterocycles. The number of thiophene rings is 1. The molecule has 0 radical (unpaired) electrons. The van der Waals surface area contributed by atoms with E-state index in [0.717, 1.165) is 24.1 Å². The maximum absolute atomic E-state index is 12.9. The first-order chi connectivity index (χ1) is 13.9. The van der Waals surface area contributed by atoms with Crippen molar-refractivity contribution in [1.29, 1.82) is 0 Å². The molecule has 0 atom stereocenters. The average molecular weight is 437 g/mol. The number of carbonyl (C=O) groups is 3. The van der Waals surface area contributed by atoms with E-state index in [1.54, 1.807) is 18.7 Å². The van der Waals surface area contributed by atoms with Gasteiger partial charge in [0, 0.05) is 24.3 Å². The van der Waals surface area contributed by atoms with Crippen molar-refractivity contribution in [2.75, 3.05) is 18.1 Å². The number of hydrogen-bond donors (Lipinski definition) is 0. The topological polar surface area (TPSA) is 76.6 Å². The molecule has 0 aromatic carbocycles. The maximum Gasteiger partial charge on any atom is 0.350 e. The first kappa shape index (κ1) is 23.2. The first-order valence-corrected chi connectivity index (χ1v) is 11.5. The van der Waals surface area contributed by atoms with Gasteiger partial charge < -0.3 is 4.74 Å². The van der Waals surface area contributed by atoms with Crippen LogP contribution in [0.25, 0.3) is 0 Å². The summed E-state index contributed by atoms with van der Waals surface area (Å²) in [4.78, 5) is 45.6. The number of anilines is 1. The van der Waals surface area contributed by atoms with Gasteiger partial charge in [0.2, 0.25) is 5.91 Å². The van der Waals surface area contributed by atoms with E-state index in [2.05, 4.69) is 11.9 Å². The molecule has 2 rings (SSSR count). The van der Waals surface area contributed by atoms with Crippen LogP contribution in [-0.2, 0) is 9.53 Å². The minimum Gasteiger partial charge on any atom is -0.462 e. The molecule has 1 amide bonds. The van der Waals surface area contributed by atoms with Gasteiger partial charge in [0.15, 0.2) is 10.9 Å². The number of amides is 1. The van der Waals surface area contributed by atoms with Gasteiger partial charge in [-0.2, -0.15) is 0 Å². The smallest absolute Gasteiger partial charge is 0.350 e. The molecule has 6 nitrogen and oxygen atoms in total. The summed E-state index contributed by atoms with van der Waals surface area (Å²) in [6.45, 7) is 8.35. The van der Waals surface area contributed by atoms with Crippen LogP contribution >= 0.6 is 22.7 Å². The van der Waals surface area contributed by atoms with Gasteiger partial charge >= 0.3 is 5.97 Å². The number of esters is 1. The lowest BCUT2D eigenvalue weighted by Gasteiger charge is -2.19. The fourth-order valence-electron chi connectivity index (χ4n) is 2.79. The van der Waals surface area contributed by atoms with E-state index in [1.807, 2.05) is 19.1 Å². The van der Waals surface area contributed by atoms with Crippen LogP contribution in [0.15, 0.2) is 12.1 Å². The van der Waals surface area contributed by atoms with Crippen LogP contribution in [0.5, 0.6) is 0 Å². The van der Waals surface area contributed by atoms with Gasteiger partial charge in [0.1, 0.15) is 4.88 Å². The third kappa shape index (κ3) is 6.47. The summed E-state index contributed by atoms with van der Waals surface area (Å²) in [5.41, 5.74) is 0.557. The fraction of sp³-hybridized carbons (Fsp3) is 0.524. The Balaban J connectivity index is 2.12. The second-order valence-corrected chi connectivity index (χ2v) is 8.98. The van der Waals surface area contributed by atoms with Crippen LogP contribution in [0.3, 0.4) is 0 Å². The Morgan fingerprint density at radius 2 is 1.83 bits per heavy atom. The van der Waals surface area contributed by atoms with Crippen molar-refractivity contribution in [2.24, 2.45) is 0 Å². The highest BCUT2D eigenvalue weighted by atomic mass is 32.1. The molecule has 158 valence electrons. The maximum atomic E-state index is 12.9. The normalized spacial score (nSPS) is 10.8. The predicted molar refractivity (Wildman–Crippen MR) is 117 cm³/mol. The number of aryl methyl sites for hydroxylation is 2. The molecule has 0 aliphatic heterocycles. The molecule has 0 aliphatic rings. The number of carbonyl (C=O) groups excluding carboxylic acids is 3. The van der Waals surface area contributed by atoms with Crippen LogP contribution in [0.1, 0.15) is 75.9 Å². The number of ketones is 1. The third-order valence-electron chi connectivity index (χ3n) is 4.34. The number of unbranched alkanes of at least 4 members (excludes halogenated alkanes) is 2. The van der Waals surface area contributed by atoms with Crippen LogP contribution in [0.4, 0.5) is 5.13 Å². The van der Waals surface area contributed by atoms with Crippen LogP contribution in [0.2, 0.25) is 0 Å².